The molecule has 0 aliphatic carbocycles. The summed E-state index contributed by atoms with van der Waals surface area (Å²) >= 11 is 0. The summed E-state index contributed by atoms with van der Waals surface area (Å²) in [6, 6.07) is 0. The van der Waals surface area contributed by atoms with Crippen LogP contribution >= 0.6 is 0 Å². The smallest absolute Gasteiger partial charge is 0.424 e. The fourth-order valence-electron chi connectivity index (χ4n) is 1.21. The third-order valence-electron chi connectivity index (χ3n) is 1.74. The minimum absolute atomic E-state index is 0.707. The maximum absolute atomic E-state index is 8.63. The van der Waals surface area contributed by atoms with Gasteiger partial charge >= 0.3 is 7.12 Å². The lowest BCUT2D eigenvalue weighted by atomic mass is 9.86. The zero-order valence-corrected chi connectivity index (χ0v) is 6.49. The van der Waals surface area contributed by atoms with Gasteiger partial charge in [0, 0.05) is 6.61 Å². The summed E-state index contributed by atoms with van der Waals surface area (Å²) in [5, 5.41) is 17.3. The van der Waals surface area contributed by atoms with E-state index >= 15 is 0 Å². The molecule has 0 aromatic rings. The molecule has 4 heteroatoms. The van der Waals surface area contributed by atoms with Crippen molar-refractivity contribution >= 4 is 7.12 Å². The number of ether oxygens (including phenoxy) is 1. The molecule has 0 bridgehead atoms. The Balaban J connectivity index is 2.42. The SMILES string of the molecule is OB(O)/C=C1/CCCOCC1. The Morgan fingerprint density at radius 2 is 2.09 bits per heavy atom. The van der Waals surface area contributed by atoms with Crippen LogP contribution in [0.4, 0.5) is 0 Å². The molecule has 0 aromatic heterocycles. The molecule has 1 fully saturated rings. The van der Waals surface area contributed by atoms with Gasteiger partial charge in [-0.15, -0.1) is 0 Å². The molecule has 0 amide bonds. The Hall–Kier alpha value is -0.315. The first-order valence-corrected chi connectivity index (χ1v) is 3.92. The van der Waals surface area contributed by atoms with Gasteiger partial charge in [0.2, 0.25) is 0 Å². The van der Waals surface area contributed by atoms with Crippen molar-refractivity contribution in [2.24, 2.45) is 0 Å². The van der Waals surface area contributed by atoms with Gasteiger partial charge in [0.15, 0.2) is 0 Å². The van der Waals surface area contributed by atoms with Gasteiger partial charge < -0.3 is 14.8 Å². The largest absolute Gasteiger partial charge is 0.480 e. The highest BCUT2D eigenvalue weighted by atomic mass is 16.5. The van der Waals surface area contributed by atoms with Crippen molar-refractivity contribution in [3.63, 3.8) is 0 Å². The summed E-state index contributed by atoms with van der Waals surface area (Å²) in [5.74, 6) is 1.49. The minimum Gasteiger partial charge on any atom is -0.424 e. The van der Waals surface area contributed by atoms with E-state index in [9.17, 15) is 0 Å². The predicted octanol–water partition coefficient (Wildman–Crippen LogP) is 0.125. The zero-order chi connectivity index (χ0) is 8.10. The molecule has 0 radical (unpaired) electrons. The van der Waals surface area contributed by atoms with Gasteiger partial charge in [-0.25, -0.2) is 0 Å². The summed E-state index contributed by atoms with van der Waals surface area (Å²) in [7, 11) is -1.30. The molecule has 1 saturated heterocycles. The van der Waals surface area contributed by atoms with E-state index in [1.54, 1.807) is 0 Å². The Morgan fingerprint density at radius 3 is 2.82 bits per heavy atom. The molecule has 1 aliphatic rings. The first-order chi connectivity index (χ1) is 5.29. The standard InChI is InChI=1S/C7H13BO3/c9-8(10)6-7-2-1-4-11-5-3-7/h6,9-10H,1-5H2/b7-6-. The molecule has 62 valence electrons. The van der Waals surface area contributed by atoms with Gasteiger partial charge in [0.1, 0.15) is 0 Å². The van der Waals surface area contributed by atoms with E-state index in [0.717, 1.165) is 31.4 Å². The monoisotopic (exact) mass is 156 g/mol. The fourth-order valence-corrected chi connectivity index (χ4v) is 1.21. The summed E-state index contributed by atoms with van der Waals surface area (Å²) in [6.45, 7) is 1.50. The van der Waals surface area contributed by atoms with E-state index in [-0.39, 0.29) is 0 Å². The Labute approximate surface area is 66.8 Å². The quantitative estimate of drug-likeness (QED) is 0.530. The van der Waals surface area contributed by atoms with Crippen molar-refractivity contribution in [1.82, 2.24) is 0 Å². The maximum atomic E-state index is 8.63. The number of hydrogen-bond donors (Lipinski definition) is 2. The van der Waals surface area contributed by atoms with Crippen LogP contribution in [0.1, 0.15) is 19.3 Å². The average Bonchev–Trinajstić information content (AvgIpc) is 2.14. The van der Waals surface area contributed by atoms with Crippen LogP contribution in [-0.4, -0.2) is 30.4 Å². The highest BCUT2D eigenvalue weighted by Gasteiger charge is 2.08. The average molecular weight is 156 g/mol. The van der Waals surface area contributed by atoms with Crippen molar-refractivity contribution < 1.29 is 14.8 Å². The van der Waals surface area contributed by atoms with Crippen molar-refractivity contribution in [3.8, 4) is 0 Å². The van der Waals surface area contributed by atoms with Gasteiger partial charge in [-0.05, 0) is 19.3 Å². The van der Waals surface area contributed by atoms with Gasteiger partial charge in [0.25, 0.3) is 0 Å². The van der Waals surface area contributed by atoms with Gasteiger partial charge in [-0.1, -0.05) is 11.5 Å². The van der Waals surface area contributed by atoms with Crippen molar-refractivity contribution in [2.75, 3.05) is 13.2 Å². The van der Waals surface area contributed by atoms with E-state index in [4.69, 9.17) is 14.8 Å². The van der Waals surface area contributed by atoms with Crippen LogP contribution in [0, 0.1) is 0 Å². The van der Waals surface area contributed by atoms with Crippen LogP contribution in [0.5, 0.6) is 0 Å². The summed E-state index contributed by atoms with van der Waals surface area (Å²) < 4.78 is 5.20. The summed E-state index contributed by atoms with van der Waals surface area (Å²) in [5.41, 5.74) is 1.09. The van der Waals surface area contributed by atoms with Crippen LogP contribution in [0.2, 0.25) is 0 Å². The van der Waals surface area contributed by atoms with Crippen LogP contribution in [0.15, 0.2) is 11.5 Å². The predicted molar refractivity (Wildman–Crippen MR) is 42.9 cm³/mol. The van der Waals surface area contributed by atoms with Crippen molar-refractivity contribution in [2.45, 2.75) is 19.3 Å². The molecule has 0 spiro atoms. The normalized spacial score (nSPS) is 23.3. The first kappa shape index (κ1) is 8.78. The molecule has 1 rings (SSSR count). The van der Waals surface area contributed by atoms with Crippen molar-refractivity contribution in [1.29, 1.82) is 0 Å². The minimum atomic E-state index is -1.30. The first-order valence-electron chi connectivity index (χ1n) is 3.92. The topological polar surface area (TPSA) is 49.7 Å². The van der Waals surface area contributed by atoms with Crippen LogP contribution < -0.4 is 0 Å². The van der Waals surface area contributed by atoms with E-state index in [2.05, 4.69) is 0 Å². The lowest BCUT2D eigenvalue weighted by molar-refractivity contribution is 0.146. The lowest BCUT2D eigenvalue weighted by Crippen LogP contribution is -2.08. The fraction of sp³-hybridized carbons (Fsp3) is 0.714. The lowest BCUT2D eigenvalue weighted by Gasteiger charge is -1.99. The molecule has 11 heavy (non-hydrogen) atoms. The molecule has 0 atom stereocenters. The van der Waals surface area contributed by atoms with E-state index < -0.39 is 7.12 Å². The third-order valence-corrected chi connectivity index (χ3v) is 1.74. The van der Waals surface area contributed by atoms with Crippen LogP contribution in [-0.2, 0) is 4.74 Å². The van der Waals surface area contributed by atoms with Gasteiger partial charge in [-0.3, -0.25) is 0 Å². The van der Waals surface area contributed by atoms with E-state index in [1.807, 2.05) is 0 Å². The Kier molecular flexibility index (Phi) is 3.62. The van der Waals surface area contributed by atoms with Gasteiger partial charge in [0.05, 0.1) is 6.61 Å². The molecule has 1 heterocycles. The zero-order valence-electron chi connectivity index (χ0n) is 6.49. The third kappa shape index (κ3) is 3.55. The number of rotatable bonds is 1. The summed E-state index contributed by atoms with van der Waals surface area (Å²) in [4.78, 5) is 0. The summed E-state index contributed by atoms with van der Waals surface area (Å²) in [6.07, 6.45) is 2.74. The van der Waals surface area contributed by atoms with Crippen LogP contribution in [0.3, 0.4) is 0 Å². The molecule has 0 aromatic carbocycles. The second-order valence-electron chi connectivity index (χ2n) is 2.70. The Bertz CT molecular complexity index is 135. The molecule has 2 N–H and O–H groups in total. The molecular formula is C7H13BO3. The highest BCUT2D eigenvalue weighted by Crippen LogP contribution is 2.13. The van der Waals surface area contributed by atoms with Crippen LogP contribution in [0.25, 0.3) is 0 Å². The van der Waals surface area contributed by atoms with Crippen molar-refractivity contribution in [3.05, 3.63) is 11.5 Å². The number of hydrogen-bond acceptors (Lipinski definition) is 3. The second kappa shape index (κ2) is 4.54. The molecule has 3 nitrogen and oxygen atoms in total. The van der Waals surface area contributed by atoms with E-state index in [1.165, 1.54) is 5.98 Å². The Morgan fingerprint density at radius 1 is 1.27 bits per heavy atom. The van der Waals surface area contributed by atoms with Gasteiger partial charge in [-0.2, -0.15) is 0 Å². The molecule has 0 saturated carbocycles. The second-order valence-corrected chi connectivity index (χ2v) is 2.70. The molecular weight excluding hydrogens is 143 g/mol. The molecule has 0 unspecified atom stereocenters. The van der Waals surface area contributed by atoms with E-state index in [0.29, 0.717) is 6.61 Å². The molecule has 1 aliphatic heterocycles. The highest BCUT2D eigenvalue weighted by molar-refractivity contribution is 6.47. The maximum Gasteiger partial charge on any atom is 0.480 e.